The molecule has 1 heterocycles. The smallest absolute Gasteiger partial charge is 0.0376 e. The lowest BCUT2D eigenvalue weighted by Gasteiger charge is -2.22. The molecule has 3 aliphatic rings. The Kier molecular flexibility index (Phi) is 2.99. The molecule has 1 N–H and O–H groups in total. The Morgan fingerprint density at radius 3 is 2.47 bits per heavy atom. The molecular formula is C17H24N2. The Hall–Kier alpha value is -1.02. The van der Waals surface area contributed by atoms with Crippen molar-refractivity contribution in [3.8, 4) is 0 Å². The number of rotatable bonds is 6. The first-order chi connectivity index (χ1) is 9.37. The molecule has 1 aromatic carbocycles. The highest BCUT2D eigenvalue weighted by molar-refractivity contribution is 5.57. The van der Waals surface area contributed by atoms with E-state index in [-0.39, 0.29) is 0 Å². The second-order valence-electron chi connectivity index (χ2n) is 6.75. The molecule has 2 saturated carbocycles. The molecule has 4 rings (SSSR count). The minimum atomic E-state index is 1.01. The van der Waals surface area contributed by atoms with Gasteiger partial charge in [0.1, 0.15) is 0 Å². The van der Waals surface area contributed by atoms with Gasteiger partial charge in [0.05, 0.1) is 0 Å². The molecule has 0 bridgehead atoms. The van der Waals surface area contributed by atoms with E-state index >= 15 is 0 Å². The standard InChI is InChI=1S/C17H24N2/c1-2-13(1)10-19(11-14-3-4-14)12-15-5-6-16-7-8-18-17(16)9-15/h5-6,9,13-14,18H,1-4,7-8,10-12H2. The lowest BCUT2D eigenvalue weighted by molar-refractivity contribution is 0.244. The monoisotopic (exact) mass is 256 g/mol. The van der Waals surface area contributed by atoms with Gasteiger partial charge in [-0.05, 0) is 61.1 Å². The SMILES string of the molecule is c1cc2c(cc1CN(CC1CC1)CC1CC1)NCC2. The van der Waals surface area contributed by atoms with Gasteiger partial charge in [-0.25, -0.2) is 0 Å². The van der Waals surface area contributed by atoms with E-state index in [4.69, 9.17) is 0 Å². The summed E-state index contributed by atoms with van der Waals surface area (Å²) in [4.78, 5) is 2.71. The Bertz CT molecular complexity index is 446. The molecule has 0 amide bonds. The first kappa shape index (κ1) is 11.8. The molecule has 0 radical (unpaired) electrons. The zero-order valence-corrected chi connectivity index (χ0v) is 11.7. The number of anilines is 1. The summed E-state index contributed by atoms with van der Waals surface area (Å²) in [5, 5.41) is 3.50. The Morgan fingerprint density at radius 2 is 1.79 bits per heavy atom. The first-order valence-electron chi connectivity index (χ1n) is 7.95. The van der Waals surface area contributed by atoms with Crippen molar-refractivity contribution in [1.29, 1.82) is 0 Å². The summed E-state index contributed by atoms with van der Waals surface area (Å²) in [5.74, 6) is 2.01. The normalized spacial score (nSPS) is 21.5. The maximum atomic E-state index is 3.50. The summed E-state index contributed by atoms with van der Waals surface area (Å²) in [6.45, 7) is 4.94. The van der Waals surface area contributed by atoms with Crippen LogP contribution in [-0.4, -0.2) is 24.5 Å². The summed E-state index contributed by atoms with van der Waals surface area (Å²) in [5.41, 5.74) is 4.38. The molecular weight excluding hydrogens is 232 g/mol. The fourth-order valence-electron chi connectivity index (χ4n) is 3.23. The van der Waals surface area contributed by atoms with Gasteiger partial charge in [-0.2, -0.15) is 0 Å². The van der Waals surface area contributed by atoms with Crippen LogP contribution in [0.4, 0.5) is 5.69 Å². The van der Waals surface area contributed by atoms with Crippen LogP contribution in [0.2, 0.25) is 0 Å². The first-order valence-corrected chi connectivity index (χ1v) is 7.95. The third-order valence-electron chi connectivity index (χ3n) is 4.72. The highest BCUT2D eigenvalue weighted by atomic mass is 15.1. The van der Waals surface area contributed by atoms with Gasteiger partial charge in [0.15, 0.2) is 0 Å². The van der Waals surface area contributed by atoms with Crippen molar-refractivity contribution in [2.24, 2.45) is 11.8 Å². The number of hydrogen-bond acceptors (Lipinski definition) is 2. The molecule has 2 fully saturated rings. The summed E-state index contributed by atoms with van der Waals surface area (Å²) >= 11 is 0. The molecule has 102 valence electrons. The van der Waals surface area contributed by atoms with Gasteiger partial charge in [0, 0.05) is 31.9 Å². The molecule has 0 atom stereocenters. The predicted molar refractivity (Wildman–Crippen MR) is 79.4 cm³/mol. The number of benzene rings is 1. The summed E-state index contributed by atoms with van der Waals surface area (Å²) in [6, 6.07) is 7.06. The molecule has 19 heavy (non-hydrogen) atoms. The minimum absolute atomic E-state index is 1.01. The van der Waals surface area contributed by atoms with Crippen LogP contribution in [0.3, 0.4) is 0 Å². The van der Waals surface area contributed by atoms with E-state index in [9.17, 15) is 0 Å². The minimum Gasteiger partial charge on any atom is -0.384 e. The Labute approximate surface area is 116 Å². The van der Waals surface area contributed by atoms with Crippen molar-refractivity contribution >= 4 is 5.69 Å². The van der Waals surface area contributed by atoms with Crippen molar-refractivity contribution in [3.63, 3.8) is 0 Å². The highest BCUT2D eigenvalue weighted by Crippen LogP contribution is 2.34. The van der Waals surface area contributed by atoms with Crippen LogP contribution in [0.15, 0.2) is 18.2 Å². The van der Waals surface area contributed by atoms with E-state index in [0.717, 1.165) is 24.9 Å². The largest absolute Gasteiger partial charge is 0.384 e. The van der Waals surface area contributed by atoms with E-state index < -0.39 is 0 Å². The second-order valence-corrected chi connectivity index (χ2v) is 6.75. The van der Waals surface area contributed by atoms with Crippen molar-refractivity contribution < 1.29 is 0 Å². The Morgan fingerprint density at radius 1 is 1.05 bits per heavy atom. The lowest BCUT2D eigenvalue weighted by Crippen LogP contribution is -2.27. The molecule has 0 aromatic heterocycles. The van der Waals surface area contributed by atoms with Crippen molar-refractivity contribution in [3.05, 3.63) is 29.3 Å². The van der Waals surface area contributed by atoms with Gasteiger partial charge in [0.2, 0.25) is 0 Å². The van der Waals surface area contributed by atoms with Crippen LogP contribution < -0.4 is 5.32 Å². The molecule has 1 aromatic rings. The number of nitrogens with zero attached hydrogens (tertiary/aromatic N) is 1. The highest BCUT2D eigenvalue weighted by Gasteiger charge is 2.29. The fraction of sp³-hybridized carbons (Fsp3) is 0.647. The van der Waals surface area contributed by atoms with E-state index in [0.29, 0.717) is 0 Å². The molecule has 0 saturated heterocycles. The zero-order chi connectivity index (χ0) is 12.7. The van der Waals surface area contributed by atoms with Crippen molar-refractivity contribution in [2.75, 3.05) is 25.0 Å². The van der Waals surface area contributed by atoms with Crippen LogP contribution in [0.1, 0.15) is 36.8 Å². The van der Waals surface area contributed by atoms with Crippen LogP contribution in [0, 0.1) is 11.8 Å². The van der Waals surface area contributed by atoms with Gasteiger partial charge < -0.3 is 5.32 Å². The summed E-state index contributed by atoms with van der Waals surface area (Å²) in [6.07, 6.45) is 7.06. The molecule has 2 aliphatic carbocycles. The fourth-order valence-corrected chi connectivity index (χ4v) is 3.23. The number of nitrogens with one attached hydrogen (secondary N) is 1. The molecule has 0 spiro atoms. The summed E-state index contributed by atoms with van der Waals surface area (Å²) in [7, 11) is 0. The maximum absolute atomic E-state index is 3.50. The van der Waals surface area contributed by atoms with Crippen molar-refractivity contribution in [2.45, 2.75) is 38.6 Å². The molecule has 2 nitrogen and oxygen atoms in total. The summed E-state index contributed by atoms with van der Waals surface area (Å²) < 4.78 is 0. The maximum Gasteiger partial charge on any atom is 0.0376 e. The zero-order valence-electron chi connectivity index (χ0n) is 11.7. The van der Waals surface area contributed by atoms with Crippen LogP contribution in [0.5, 0.6) is 0 Å². The average Bonchev–Trinajstić information content (AvgIpc) is 3.31. The quantitative estimate of drug-likeness (QED) is 0.840. The molecule has 2 heteroatoms. The van der Waals surface area contributed by atoms with Crippen LogP contribution in [0.25, 0.3) is 0 Å². The van der Waals surface area contributed by atoms with E-state index in [1.54, 1.807) is 0 Å². The third-order valence-corrected chi connectivity index (χ3v) is 4.72. The van der Waals surface area contributed by atoms with Crippen LogP contribution in [-0.2, 0) is 13.0 Å². The van der Waals surface area contributed by atoms with E-state index in [2.05, 4.69) is 28.4 Å². The number of hydrogen-bond donors (Lipinski definition) is 1. The number of fused-ring (bicyclic) bond motifs is 1. The molecule has 0 unspecified atom stereocenters. The van der Waals surface area contributed by atoms with E-state index in [1.165, 1.54) is 62.0 Å². The lowest BCUT2D eigenvalue weighted by atomic mass is 10.1. The van der Waals surface area contributed by atoms with Crippen molar-refractivity contribution in [1.82, 2.24) is 4.90 Å². The van der Waals surface area contributed by atoms with Gasteiger partial charge in [0.25, 0.3) is 0 Å². The Balaban J connectivity index is 1.44. The third kappa shape index (κ3) is 2.94. The van der Waals surface area contributed by atoms with Gasteiger partial charge in [-0.3, -0.25) is 4.90 Å². The predicted octanol–water partition coefficient (Wildman–Crippen LogP) is 3.28. The molecule has 1 aliphatic heterocycles. The van der Waals surface area contributed by atoms with Gasteiger partial charge in [-0.1, -0.05) is 12.1 Å². The van der Waals surface area contributed by atoms with Gasteiger partial charge in [-0.15, -0.1) is 0 Å². The van der Waals surface area contributed by atoms with Gasteiger partial charge >= 0.3 is 0 Å². The van der Waals surface area contributed by atoms with Crippen LogP contribution >= 0.6 is 0 Å². The second kappa shape index (κ2) is 4.82. The van der Waals surface area contributed by atoms with E-state index in [1.807, 2.05) is 0 Å². The topological polar surface area (TPSA) is 15.3 Å². The average molecular weight is 256 g/mol.